The average molecular weight is 270 g/mol. The van der Waals surface area contributed by atoms with E-state index in [4.69, 9.17) is 11.6 Å². The molecule has 0 radical (unpaired) electrons. The molecular weight excluding hydrogens is 254 g/mol. The lowest BCUT2D eigenvalue weighted by molar-refractivity contribution is -0.148. The Morgan fingerprint density at radius 2 is 2.11 bits per heavy atom. The fourth-order valence-corrected chi connectivity index (χ4v) is 1.74. The maximum atomic E-state index is 12.0. The van der Waals surface area contributed by atoms with Crippen molar-refractivity contribution in [2.45, 2.75) is 20.3 Å². The zero-order valence-corrected chi connectivity index (χ0v) is 11.4. The van der Waals surface area contributed by atoms with Crippen LogP contribution in [0.1, 0.15) is 18.9 Å². The van der Waals surface area contributed by atoms with Crippen molar-refractivity contribution >= 4 is 29.2 Å². The fourth-order valence-electron chi connectivity index (χ4n) is 1.56. The van der Waals surface area contributed by atoms with E-state index in [1.54, 1.807) is 32.0 Å². The van der Waals surface area contributed by atoms with Crippen LogP contribution >= 0.6 is 11.6 Å². The number of rotatable bonds is 4. The number of amides is 1. The summed E-state index contributed by atoms with van der Waals surface area (Å²) in [5, 5.41) is 3.26. The van der Waals surface area contributed by atoms with Crippen LogP contribution in [-0.4, -0.2) is 19.0 Å². The summed E-state index contributed by atoms with van der Waals surface area (Å²) in [6.07, 6.45) is 0.387. The van der Waals surface area contributed by atoms with Gasteiger partial charge in [-0.1, -0.05) is 24.6 Å². The van der Waals surface area contributed by atoms with Gasteiger partial charge in [0.1, 0.15) is 5.92 Å². The van der Waals surface area contributed by atoms with E-state index < -0.39 is 11.9 Å². The van der Waals surface area contributed by atoms with Crippen molar-refractivity contribution in [1.82, 2.24) is 0 Å². The Bertz CT molecular complexity index is 460. The first-order valence-corrected chi connectivity index (χ1v) is 6.02. The Balaban J connectivity index is 2.86. The summed E-state index contributed by atoms with van der Waals surface area (Å²) >= 11 is 5.96. The van der Waals surface area contributed by atoms with Gasteiger partial charge in [-0.3, -0.25) is 9.59 Å². The molecule has 0 heterocycles. The van der Waals surface area contributed by atoms with Gasteiger partial charge >= 0.3 is 5.97 Å². The number of hydrogen-bond acceptors (Lipinski definition) is 3. The van der Waals surface area contributed by atoms with Gasteiger partial charge in [-0.25, -0.2) is 0 Å². The highest BCUT2D eigenvalue weighted by molar-refractivity contribution is 6.31. The second-order valence-electron chi connectivity index (χ2n) is 3.89. The molecule has 1 unspecified atom stereocenters. The van der Waals surface area contributed by atoms with Crippen LogP contribution in [0.5, 0.6) is 0 Å². The van der Waals surface area contributed by atoms with E-state index in [1.807, 2.05) is 0 Å². The lowest BCUT2D eigenvalue weighted by Gasteiger charge is -2.14. The minimum absolute atomic E-state index is 0.380. The molecule has 18 heavy (non-hydrogen) atoms. The predicted molar refractivity (Wildman–Crippen MR) is 70.6 cm³/mol. The van der Waals surface area contributed by atoms with E-state index in [0.717, 1.165) is 5.56 Å². The molecule has 0 aromatic heterocycles. The molecule has 98 valence electrons. The van der Waals surface area contributed by atoms with Crippen molar-refractivity contribution in [3.8, 4) is 0 Å². The summed E-state index contributed by atoms with van der Waals surface area (Å²) in [5.41, 5.74) is 1.38. The minimum Gasteiger partial charge on any atom is -0.468 e. The molecule has 1 rings (SSSR count). The van der Waals surface area contributed by atoms with Crippen LogP contribution in [0.15, 0.2) is 18.2 Å². The smallest absolute Gasteiger partial charge is 0.318 e. The zero-order valence-electron chi connectivity index (χ0n) is 10.6. The number of hydrogen-bond donors (Lipinski definition) is 1. The summed E-state index contributed by atoms with van der Waals surface area (Å²) in [5.74, 6) is -1.71. The van der Waals surface area contributed by atoms with Crippen LogP contribution < -0.4 is 5.32 Å². The molecule has 0 bridgehead atoms. The number of methoxy groups -OCH3 is 1. The fraction of sp³-hybridized carbons (Fsp3) is 0.385. The molecule has 0 spiro atoms. The van der Waals surface area contributed by atoms with Crippen LogP contribution in [0.25, 0.3) is 0 Å². The molecule has 0 aliphatic rings. The van der Waals surface area contributed by atoms with Crippen LogP contribution in [0.2, 0.25) is 5.02 Å². The third-order valence-electron chi connectivity index (χ3n) is 2.74. The van der Waals surface area contributed by atoms with E-state index in [1.165, 1.54) is 7.11 Å². The summed E-state index contributed by atoms with van der Waals surface area (Å²) in [7, 11) is 1.27. The molecule has 1 atom stereocenters. The van der Waals surface area contributed by atoms with Gasteiger partial charge in [-0.2, -0.15) is 0 Å². The lowest BCUT2D eigenvalue weighted by atomic mass is 10.1. The minimum atomic E-state index is -0.798. The second-order valence-corrected chi connectivity index (χ2v) is 4.29. The maximum Gasteiger partial charge on any atom is 0.318 e. The number of carbonyl (C=O) groups is 2. The molecular formula is C13H16ClNO3. The summed E-state index contributed by atoms with van der Waals surface area (Å²) < 4.78 is 4.59. The van der Waals surface area contributed by atoms with Crippen LogP contribution in [0.3, 0.4) is 0 Å². The molecule has 0 fully saturated rings. The number of ether oxygens (including phenoxy) is 1. The first kappa shape index (κ1) is 14.5. The maximum absolute atomic E-state index is 12.0. The van der Waals surface area contributed by atoms with Crippen LogP contribution in [-0.2, 0) is 14.3 Å². The van der Waals surface area contributed by atoms with Crippen molar-refractivity contribution in [2.24, 2.45) is 5.92 Å². The summed E-state index contributed by atoms with van der Waals surface area (Å²) in [6, 6.07) is 5.22. The monoisotopic (exact) mass is 269 g/mol. The quantitative estimate of drug-likeness (QED) is 0.675. The van der Waals surface area contributed by atoms with Crippen molar-refractivity contribution in [1.29, 1.82) is 0 Å². The number of anilines is 1. The SMILES string of the molecule is CCC(C(=O)Nc1cccc(Cl)c1C)C(=O)OC. The molecule has 1 aromatic rings. The third-order valence-corrected chi connectivity index (χ3v) is 3.15. The van der Waals surface area contributed by atoms with E-state index in [0.29, 0.717) is 17.1 Å². The largest absolute Gasteiger partial charge is 0.468 e. The van der Waals surface area contributed by atoms with Crippen molar-refractivity contribution in [3.05, 3.63) is 28.8 Å². The van der Waals surface area contributed by atoms with E-state index in [9.17, 15) is 9.59 Å². The van der Waals surface area contributed by atoms with Gasteiger partial charge in [0.15, 0.2) is 0 Å². The molecule has 0 saturated heterocycles. The highest BCUT2D eigenvalue weighted by Gasteiger charge is 2.25. The second kappa shape index (κ2) is 6.40. The summed E-state index contributed by atoms with van der Waals surface area (Å²) in [6.45, 7) is 3.56. The van der Waals surface area contributed by atoms with Gasteiger partial charge in [0, 0.05) is 10.7 Å². The molecule has 0 saturated carbocycles. The molecule has 5 heteroatoms. The Hall–Kier alpha value is -1.55. The molecule has 4 nitrogen and oxygen atoms in total. The predicted octanol–water partition coefficient (Wildman–Crippen LogP) is 2.79. The molecule has 1 amide bonds. The van der Waals surface area contributed by atoms with Gasteiger partial charge < -0.3 is 10.1 Å². The molecule has 0 aliphatic carbocycles. The Kier molecular flexibility index (Phi) is 5.16. The zero-order chi connectivity index (χ0) is 13.7. The van der Waals surface area contributed by atoms with Crippen molar-refractivity contribution < 1.29 is 14.3 Å². The Labute approximate surface area is 111 Å². The van der Waals surface area contributed by atoms with Gasteiger partial charge in [0.05, 0.1) is 7.11 Å². The lowest BCUT2D eigenvalue weighted by Crippen LogP contribution is -2.30. The first-order valence-electron chi connectivity index (χ1n) is 5.65. The van der Waals surface area contributed by atoms with E-state index >= 15 is 0 Å². The third kappa shape index (κ3) is 3.23. The van der Waals surface area contributed by atoms with Crippen LogP contribution in [0, 0.1) is 12.8 Å². The number of carbonyl (C=O) groups excluding carboxylic acids is 2. The molecule has 1 N–H and O–H groups in total. The topological polar surface area (TPSA) is 55.4 Å². The Morgan fingerprint density at radius 1 is 1.44 bits per heavy atom. The number of benzene rings is 1. The number of halogens is 1. The number of nitrogens with one attached hydrogen (secondary N) is 1. The highest BCUT2D eigenvalue weighted by Crippen LogP contribution is 2.23. The normalized spacial score (nSPS) is 11.8. The first-order chi connectivity index (χ1) is 8.51. The molecule has 1 aromatic carbocycles. The summed E-state index contributed by atoms with van der Waals surface area (Å²) in [4.78, 5) is 23.4. The van der Waals surface area contributed by atoms with Crippen LogP contribution in [0.4, 0.5) is 5.69 Å². The van der Waals surface area contributed by atoms with Crippen molar-refractivity contribution in [3.63, 3.8) is 0 Å². The Morgan fingerprint density at radius 3 is 2.67 bits per heavy atom. The molecule has 0 aliphatic heterocycles. The standard InChI is InChI=1S/C13H16ClNO3/c1-4-9(13(17)18-3)12(16)15-11-7-5-6-10(14)8(11)2/h5-7,9H,4H2,1-3H3,(H,15,16). The van der Waals surface area contributed by atoms with Gasteiger partial charge in [-0.05, 0) is 31.0 Å². The average Bonchev–Trinajstić information content (AvgIpc) is 2.35. The number of esters is 1. The highest BCUT2D eigenvalue weighted by atomic mass is 35.5. The van der Waals surface area contributed by atoms with Crippen molar-refractivity contribution in [2.75, 3.05) is 12.4 Å². The van der Waals surface area contributed by atoms with E-state index in [2.05, 4.69) is 10.1 Å². The van der Waals surface area contributed by atoms with E-state index in [-0.39, 0.29) is 5.91 Å². The van der Waals surface area contributed by atoms with Gasteiger partial charge in [0.25, 0.3) is 0 Å². The van der Waals surface area contributed by atoms with Gasteiger partial charge in [0.2, 0.25) is 5.91 Å². The van der Waals surface area contributed by atoms with Gasteiger partial charge in [-0.15, -0.1) is 0 Å².